The number of fused-ring (bicyclic) bond motifs is 3. The normalized spacial score (nSPS) is 12.7. The molecule has 0 fully saturated rings. The lowest BCUT2D eigenvalue weighted by Gasteiger charge is -2.23. The molecule has 4 aromatic rings. The molecule has 0 atom stereocenters. The van der Waals surface area contributed by atoms with Crippen LogP contribution < -0.4 is 29.6 Å². The van der Waals surface area contributed by atoms with E-state index in [1.54, 1.807) is 42.6 Å². The second kappa shape index (κ2) is 12.8. The van der Waals surface area contributed by atoms with Gasteiger partial charge in [-0.2, -0.15) is 13.2 Å². The Morgan fingerprint density at radius 2 is 1.67 bits per heavy atom. The number of nitrogens with one attached hydrogen (secondary N) is 2. The van der Waals surface area contributed by atoms with Crippen molar-refractivity contribution in [3.05, 3.63) is 71.4 Å². The third kappa shape index (κ3) is 7.33. The predicted molar refractivity (Wildman–Crippen MR) is 157 cm³/mol. The van der Waals surface area contributed by atoms with Crippen LogP contribution in [0.5, 0.6) is 28.7 Å². The molecule has 1 aliphatic heterocycles. The Labute approximate surface area is 250 Å². The number of benzene rings is 3. The summed E-state index contributed by atoms with van der Waals surface area (Å²) in [5.74, 6) is 2.47. The number of halogens is 4. The van der Waals surface area contributed by atoms with Crippen LogP contribution in [0.25, 0.3) is 10.9 Å². The van der Waals surface area contributed by atoms with Crippen LogP contribution in [0.15, 0.2) is 60.8 Å². The van der Waals surface area contributed by atoms with Crippen molar-refractivity contribution in [3.63, 3.8) is 0 Å². The van der Waals surface area contributed by atoms with E-state index in [0.717, 1.165) is 25.1 Å². The summed E-state index contributed by atoms with van der Waals surface area (Å²) in [7, 11) is 4.01. The topological polar surface area (TPSA) is 94.2 Å². The SMILES string of the molecule is CN(C)CCCOc1cc2nccc(Oc3ccc(NC(=O)Nc4ccc(Cl)c(C(F)(F)F)c4)cc3)c2c2c1OCCO2. The molecule has 0 radical (unpaired) electrons. The van der Waals surface area contributed by atoms with Gasteiger partial charge in [-0.15, -0.1) is 0 Å². The van der Waals surface area contributed by atoms with Gasteiger partial charge >= 0.3 is 12.2 Å². The summed E-state index contributed by atoms with van der Waals surface area (Å²) in [6.07, 6.45) is -2.20. The minimum absolute atomic E-state index is 0.0598. The van der Waals surface area contributed by atoms with Gasteiger partial charge in [-0.25, -0.2) is 4.79 Å². The van der Waals surface area contributed by atoms with Crippen LogP contribution in [0.3, 0.4) is 0 Å². The Morgan fingerprint density at radius 3 is 2.40 bits per heavy atom. The molecular formula is C30H28ClF3N4O5. The van der Waals surface area contributed by atoms with Crippen LogP contribution in [0.2, 0.25) is 5.02 Å². The van der Waals surface area contributed by atoms with E-state index in [2.05, 4.69) is 20.5 Å². The summed E-state index contributed by atoms with van der Waals surface area (Å²) in [6, 6.07) is 12.4. The van der Waals surface area contributed by atoms with Crippen LogP contribution in [0, 0.1) is 0 Å². The fourth-order valence-electron chi connectivity index (χ4n) is 4.38. The van der Waals surface area contributed by atoms with Gasteiger partial charge in [0.25, 0.3) is 0 Å². The monoisotopic (exact) mass is 616 g/mol. The Balaban J connectivity index is 1.29. The van der Waals surface area contributed by atoms with Crippen LogP contribution >= 0.6 is 11.6 Å². The first-order valence-electron chi connectivity index (χ1n) is 13.3. The van der Waals surface area contributed by atoms with Gasteiger partial charge in [0.05, 0.1) is 28.1 Å². The van der Waals surface area contributed by atoms with Crippen molar-refractivity contribution < 1.29 is 36.9 Å². The van der Waals surface area contributed by atoms with Gasteiger partial charge in [-0.1, -0.05) is 11.6 Å². The summed E-state index contributed by atoms with van der Waals surface area (Å²) in [4.78, 5) is 19.0. The molecule has 2 amide bonds. The maximum Gasteiger partial charge on any atom is 0.417 e. The number of amides is 2. The standard InChI is InChI=1S/C30H28ClF3N4O5/c1-38(2)12-3-13-40-25-17-23-26(28-27(25)41-14-15-42-28)24(10-11-35-23)43-20-7-4-18(5-8-20)36-29(39)37-19-6-9-22(31)21(16-19)30(32,33)34/h4-11,16-17H,3,12-15H2,1-2H3,(H2,36,37,39). The molecule has 3 aromatic carbocycles. The molecule has 0 bridgehead atoms. The Bertz CT molecular complexity index is 1620. The first kappa shape index (κ1) is 30.1. The van der Waals surface area contributed by atoms with Gasteiger partial charge in [0.1, 0.15) is 24.7 Å². The predicted octanol–water partition coefficient (Wildman–Crippen LogP) is 7.45. The van der Waals surface area contributed by atoms with Crippen molar-refractivity contribution in [1.29, 1.82) is 0 Å². The number of carbonyl (C=O) groups excluding carboxylic acids is 1. The second-order valence-corrected chi connectivity index (χ2v) is 10.2. The highest BCUT2D eigenvalue weighted by atomic mass is 35.5. The van der Waals surface area contributed by atoms with Crippen molar-refractivity contribution in [3.8, 4) is 28.7 Å². The van der Waals surface area contributed by atoms with E-state index in [1.165, 1.54) is 6.07 Å². The quantitative estimate of drug-likeness (QED) is 0.189. The smallest absolute Gasteiger partial charge is 0.417 e. The molecule has 1 aromatic heterocycles. The molecule has 0 saturated heterocycles. The summed E-state index contributed by atoms with van der Waals surface area (Å²) >= 11 is 5.64. The number of nitrogens with zero attached hydrogens (tertiary/aromatic N) is 2. The minimum Gasteiger partial charge on any atom is -0.489 e. The number of urea groups is 1. The number of carbonyl (C=O) groups is 1. The Hall–Kier alpha value is -4.42. The van der Waals surface area contributed by atoms with Crippen molar-refractivity contribution in [2.45, 2.75) is 12.6 Å². The zero-order valence-corrected chi connectivity index (χ0v) is 24.0. The molecular weight excluding hydrogens is 589 g/mol. The highest BCUT2D eigenvalue weighted by Gasteiger charge is 2.33. The van der Waals surface area contributed by atoms with Crippen molar-refractivity contribution in [2.24, 2.45) is 0 Å². The lowest BCUT2D eigenvalue weighted by Crippen LogP contribution is -2.19. The molecule has 0 aliphatic carbocycles. The van der Waals surface area contributed by atoms with E-state index in [1.807, 2.05) is 14.1 Å². The lowest BCUT2D eigenvalue weighted by atomic mass is 10.1. The van der Waals surface area contributed by atoms with Gasteiger partial charge in [0, 0.05) is 30.2 Å². The van der Waals surface area contributed by atoms with E-state index >= 15 is 0 Å². The van der Waals surface area contributed by atoms with E-state index in [4.69, 9.17) is 30.5 Å². The number of anilines is 2. The van der Waals surface area contributed by atoms with E-state index in [9.17, 15) is 18.0 Å². The molecule has 2 N–H and O–H groups in total. The third-order valence-corrected chi connectivity index (χ3v) is 6.65. The molecule has 9 nitrogen and oxygen atoms in total. The van der Waals surface area contributed by atoms with Crippen LogP contribution in [0.4, 0.5) is 29.3 Å². The largest absolute Gasteiger partial charge is 0.489 e. The lowest BCUT2D eigenvalue weighted by molar-refractivity contribution is -0.137. The minimum atomic E-state index is -4.65. The van der Waals surface area contributed by atoms with Crippen molar-refractivity contribution >= 4 is 39.9 Å². The van der Waals surface area contributed by atoms with Crippen LogP contribution in [-0.4, -0.2) is 56.4 Å². The van der Waals surface area contributed by atoms with Gasteiger partial charge < -0.3 is 34.5 Å². The molecule has 226 valence electrons. The molecule has 0 saturated carbocycles. The average Bonchev–Trinajstić information content (AvgIpc) is 2.96. The van der Waals surface area contributed by atoms with E-state index in [0.29, 0.717) is 65.2 Å². The second-order valence-electron chi connectivity index (χ2n) is 9.84. The highest BCUT2D eigenvalue weighted by Crippen LogP contribution is 2.48. The molecule has 5 rings (SSSR count). The summed E-state index contributed by atoms with van der Waals surface area (Å²) in [5.41, 5.74) is -0.107. The van der Waals surface area contributed by atoms with Crippen molar-refractivity contribution in [1.82, 2.24) is 9.88 Å². The summed E-state index contributed by atoms with van der Waals surface area (Å²) in [5, 5.41) is 5.12. The molecule has 0 unspecified atom stereocenters. The van der Waals surface area contributed by atoms with Crippen LogP contribution in [0.1, 0.15) is 12.0 Å². The number of alkyl halides is 3. The van der Waals surface area contributed by atoms with Crippen molar-refractivity contribution in [2.75, 3.05) is 51.1 Å². The summed E-state index contributed by atoms with van der Waals surface area (Å²) < 4.78 is 63.5. The number of pyridine rings is 1. The first-order valence-corrected chi connectivity index (χ1v) is 13.7. The van der Waals surface area contributed by atoms with Gasteiger partial charge in [-0.05, 0) is 69.0 Å². The maximum absolute atomic E-state index is 13.1. The zero-order chi connectivity index (χ0) is 30.6. The van der Waals surface area contributed by atoms with Crippen LogP contribution in [-0.2, 0) is 6.18 Å². The molecule has 1 aliphatic rings. The average molecular weight is 617 g/mol. The number of hydrogen-bond donors (Lipinski definition) is 2. The number of hydrogen-bond acceptors (Lipinski definition) is 7. The Morgan fingerprint density at radius 1 is 0.977 bits per heavy atom. The third-order valence-electron chi connectivity index (χ3n) is 6.32. The van der Waals surface area contributed by atoms with Gasteiger partial charge in [0.2, 0.25) is 5.75 Å². The van der Waals surface area contributed by atoms with E-state index in [-0.39, 0.29) is 5.69 Å². The number of ether oxygens (including phenoxy) is 4. The van der Waals surface area contributed by atoms with E-state index < -0.39 is 22.8 Å². The molecule has 13 heteroatoms. The summed E-state index contributed by atoms with van der Waals surface area (Å²) in [6.45, 7) is 2.12. The molecule has 43 heavy (non-hydrogen) atoms. The Kier molecular flexibility index (Phi) is 8.97. The highest BCUT2D eigenvalue weighted by molar-refractivity contribution is 6.31. The molecule has 0 spiro atoms. The first-order chi connectivity index (χ1) is 20.6. The molecule has 2 heterocycles. The zero-order valence-electron chi connectivity index (χ0n) is 23.3. The number of rotatable bonds is 9. The fourth-order valence-corrected chi connectivity index (χ4v) is 4.60. The fraction of sp³-hybridized carbons (Fsp3) is 0.267. The number of aromatic nitrogens is 1. The van der Waals surface area contributed by atoms with Gasteiger partial charge in [-0.3, -0.25) is 4.98 Å². The maximum atomic E-state index is 13.1. The van der Waals surface area contributed by atoms with Gasteiger partial charge in [0.15, 0.2) is 11.5 Å².